The van der Waals surface area contributed by atoms with E-state index in [0.717, 1.165) is 0 Å². The molecular formula is C58H88N6O20. The predicted octanol–water partition coefficient (Wildman–Crippen LogP) is 3.77. The first-order valence-corrected chi connectivity index (χ1v) is 27.6. The summed E-state index contributed by atoms with van der Waals surface area (Å²) in [7, 11) is 0. The Hall–Kier alpha value is -7.42. The van der Waals surface area contributed by atoms with Crippen LogP contribution in [0.25, 0.3) is 0 Å². The summed E-state index contributed by atoms with van der Waals surface area (Å²) in [4.78, 5) is 131. The summed E-state index contributed by atoms with van der Waals surface area (Å²) in [6.45, 7) is 20.3. The zero-order chi connectivity index (χ0) is 62.9. The van der Waals surface area contributed by atoms with Crippen molar-refractivity contribution in [1.82, 2.24) is 31.9 Å². The number of rotatable bonds is 35. The summed E-state index contributed by atoms with van der Waals surface area (Å²) in [5.74, 6) is -6.73. The largest absolute Gasteiger partial charge is 0.460 e. The maximum atomic E-state index is 13.7. The molecule has 0 aromatic heterocycles. The molecule has 4 atom stereocenters. The van der Waals surface area contributed by atoms with Crippen molar-refractivity contribution >= 4 is 59.7 Å². The van der Waals surface area contributed by atoms with Crippen molar-refractivity contribution < 1.29 is 95.3 Å². The van der Waals surface area contributed by atoms with Gasteiger partial charge in [0.1, 0.15) is 59.8 Å². The molecule has 0 radical (unpaired) electrons. The summed E-state index contributed by atoms with van der Waals surface area (Å²) in [5.41, 5.74) is -2.32. The van der Waals surface area contributed by atoms with Gasteiger partial charge < -0.3 is 79.3 Å². The number of alkyl carbamates (subject to hydrolysis) is 2. The van der Waals surface area contributed by atoms with Crippen molar-refractivity contribution in [3.05, 3.63) is 71.8 Å². The molecule has 0 bridgehead atoms. The average Bonchev–Trinajstić information content (AvgIpc) is 3.50. The number of carbonyl (C=O) groups is 10. The van der Waals surface area contributed by atoms with Gasteiger partial charge in [0.25, 0.3) is 0 Å². The zero-order valence-corrected chi connectivity index (χ0v) is 50.6. The third kappa shape index (κ3) is 36.2. The predicted molar refractivity (Wildman–Crippen MR) is 302 cm³/mol. The van der Waals surface area contributed by atoms with Crippen LogP contribution < -0.4 is 31.9 Å². The van der Waals surface area contributed by atoms with Gasteiger partial charge in [0, 0.05) is 13.1 Å². The number of hydrogen-bond acceptors (Lipinski definition) is 20. The molecule has 26 nitrogen and oxygen atoms in total. The molecule has 2 aromatic carbocycles. The van der Waals surface area contributed by atoms with Gasteiger partial charge in [0.05, 0.1) is 78.5 Å². The molecule has 0 fully saturated rings. The summed E-state index contributed by atoms with van der Waals surface area (Å²) in [6.07, 6.45) is -4.46. The molecule has 0 saturated carbocycles. The van der Waals surface area contributed by atoms with E-state index in [0.29, 0.717) is 11.1 Å². The molecule has 470 valence electrons. The third-order valence-corrected chi connectivity index (χ3v) is 10.3. The van der Waals surface area contributed by atoms with E-state index in [9.17, 15) is 47.9 Å². The highest BCUT2D eigenvalue weighted by Gasteiger charge is 2.35. The second kappa shape index (κ2) is 37.0. The lowest BCUT2D eigenvalue weighted by Crippen LogP contribution is -2.55. The van der Waals surface area contributed by atoms with Crippen molar-refractivity contribution in [3.63, 3.8) is 0 Å². The second-order valence-electron chi connectivity index (χ2n) is 22.8. The summed E-state index contributed by atoms with van der Waals surface area (Å²) in [6, 6.07) is 11.4. The Morgan fingerprint density at radius 3 is 0.857 bits per heavy atom. The van der Waals surface area contributed by atoms with E-state index in [1.165, 1.54) is 0 Å². The van der Waals surface area contributed by atoms with E-state index < -0.39 is 132 Å². The van der Waals surface area contributed by atoms with Crippen LogP contribution in [-0.2, 0) is 98.9 Å². The SMILES string of the molecule is CC(C)(C)OC(=O)C[C@H](NC(=O)OCc1ccccc1)C(=O)N[C@@H](CC(=O)OC(C)(C)C)C(=O)NCCOCCOCCOCCOCCNC(=O)[C@H](CC(=O)OC(C)(C)C)NC(=O)[C@H](CC(=O)OC(C)(C)C)NC(=O)OCc1ccccc1. The van der Waals surface area contributed by atoms with Crippen LogP contribution >= 0.6 is 0 Å². The lowest BCUT2D eigenvalue weighted by molar-refractivity contribution is -0.158. The Balaban J connectivity index is 1.83. The minimum absolute atomic E-state index is 0.0211. The Morgan fingerprint density at radius 2 is 0.595 bits per heavy atom. The van der Waals surface area contributed by atoms with Crippen molar-refractivity contribution in [2.45, 2.75) is 169 Å². The summed E-state index contributed by atoms with van der Waals surface area (Å²) in [5, 5.41) is 14.8. The molecule has 2 rings (SSSR count). The van der Waals surface area contributed by atoms with E-state index in [-0.39, 0.29) is 79.2 Å². The molecule has 84 heavy (non-hydrogen) atoms. The number of hydrogen-bond donors (Lipinski definition) is 6. The molecule has 0 aliphatic carbocycles. The number of benzene rings is 2. The Labute approximate surface area is 491 Å². The van der Waals surface area contributed by atoms with Crippen LogP contribution in [-0.4, -0.2) is 172 Å². The molecule has 0 unspecified atom stereocenters. The Morgan fingerprint density at radius 1 is 0.345 bits per heavy atom. The van der Waals surface area contributed by atoms with E-state index >= 15 is 0 Å². The summed E-state index contributed by atoms with van der Waals surface area (Å²) >= 11 is 0. The fraction of sp³-hybridized carbons (Fsp3) is 0.621. The molecule has 0 heterocycles. The first-order valence-electron chi connectivity index (χ1n) is 27.6. The van der Waals surface area contributed by atoms with Crippen LogP contribution in [0.3, 0.4) is 0 Å². The van der Waals surface area contributed by atoms with E-state index in [2.05, 4.69) is 31.9 Å². The quantitative estimate of drug-likeness (QED) is 0.0325. The average molecular weight is 1190 g/mol. The number of nitrogens with one attached hydrogen (secondary N) is 6. The van der Waals surface area contributed by atoms with E-state index in [4.69, 9.17) is 47.4 Å². The minimum atomic E-state index is -1.56. The maximum Gasteiger partial charge on any atom is 0.408 e. The van der Waals surface area contributed by atoms with Gasteiger partial charge in [0.2, 0.25) is 23.6 Å². The second-order valence-corrected chi connectivity index (χ2v) is 22.8. The van der Waals surface area contributed by atoms with Crippen LogP contribution in [0.4, 0.5) is 9.59 Å². The molecule has 2 aromatic rings. The topological polar surface area (TPSA) is 335 Å². The van der Waals surface area contributed by atoms with Gasteiger partial charge in [-0.2, -0.15) is 0 Å². The molecule has 26 heteroatoms. The minimum Gasteiger partial charge on any atom is -0.460 e. The zero-order valence-electron chi connectivity index (χ0n) is 50.6. The van der Waals surface area contributed by atoms with Gasteiger partial charge in [0.15, 0.2) is 0 Å². The fourth-order valence-electron chi connectivity index (χ4n) is 6.90. The first kappa shape index (κ1) is 72.7. The van der Waals surface area contributed by atoms with Crippen LogP contribution in [0.5, 0.6) is 0 Å². The third-order valence-electron chi connectivity index (χ3n) is 10.3. The monoisotopic (exact) mass is 1190 g/mol. The lowest BCUT2D eigenvalue weighted by atomic mass is 10.1. The van der Waals surface area contributed by atoms with Crippen LogP contribution in [0, 0.1) is 0 Å². The molecule has 0 saturated heterocycles. The normalized spacial score (nSPS) is 13.0. The van der Waals surface area contributed by atoms with Gasteiger partial charge >= 0.3 is 36.1 Å². The Bertz CT molecular complexity index is 2230. The summed E-state index contributed by atoms with van der Waals surface area (Å²) < 4.78 is 54.2. The van der Waals surface area contributed by atoms with Crippen LogP contribution in [0.15, 0.2) is 60.7 Å². The molecule has 6 N–H and O–H groups in total. The van der Waals surface area contributed by atoms with Crippen LogP contribution in [0.1, 0.15) is 120 Å². The highest BCUT2D eigenvalue weighted by atomic mass is 16.6. The van der Waals surface area contributed by atoms with Crippen molar-refractivity contribution in [3.8, 4) is 0 Å². The fourth-order valence-corrected chi connectivity index (χ4v) is 6.90. The van der Waals surface area contributed by atoms with Crippen molar-refractivity contribution in [2.24, 2.45) is 0 Å². The molecule has 0 spiro atoms. The van der Waals surface area contributed by atoms with Gasteiger partial charge in [-0.1, -0.05) is 60.7 Å². The Kier molecular flexibility index (Phi) is 32.0. The van der Waals surface area contributed by atoms with E-state index in [1.54, 1.807) is 144 Å². The first-order chi connectivity index (χ1) is 39.3. The number of carbonyl (C=O) groups excluding carboxylic acids is 10. The molecule has 6 amide bonds. The van der Waals surface area contributed by atoms with Gasteiger partial charge in [-0.15, -0.1) is 0 Å². The van der Waals surface area contributed by atoms with Gasteiger partial charge in [-0.25, -0.2) is 9.59 Å². The highest BCUT2D eigenvalue weighted by molar-refractivity contribution is 5.96. The molecule has 0 aliphatic heterocycles. The van der Waals surface area contributed by atoms with E-state index in [1.807, 2.05) is 0 Å². The van der Waals surface area contributed by atoms with Gasteiger partial charge in [-0.05, 0) is 94.2 Å². The smallest absolute Gasteiger partial charge is 0.408 e. The van der Waals surface area contributed by atoms with Gasteiger partial charge in [-0.3, -0.25) is 38.4 Å². The number of esters is 4. The van der Waals surface area contributed by atoms with Crippen molar-refractivity contribution in [1.29, 1.82) is 0 Å². The highest BCUT2D eigenvalue weighted by Crippen LogP contribution is 2.15. The van der Waals surface area contributed by atoms with Crippen LogP contribution in [0.2, 0.25) is 0 Å². The van der Waals surface area contributed by atoms with Crippen molar-refractivity contribution in [2.75, 3.05) is 65.9 Å². The number of amides is 6. The molecular weight excluding hydrogens is 1100 g/mol. The standard InChI is InChI=1S/C58H88N6O20/c1-55(2,3)81-45(65)33-41(61-51(71)43(35-47(67)83-57(7,8)9)63-53(73)79-37-39-19-15-13-16-20-39)49(69)59-23-25-75-27-29-77-31-32-78-30-28-76-26-24-60-50(70)42(34-46(66)82-56(4,5)6)62-52(72)44(36-48(68)84-58(10,11)12)64-54(74)80-38-40-21-17-14-18-22-40/h13-22,41-44H,23-38H2,1-12H3,(H,59,69)(H,60,70)(H,61,71)(H,62,72)(H,63,73)(H,64,74)/t41-,42-,43-,44-/m0/s1. The molecule has 0 aliphatic rings. The number of ether oxygens (including phenoxy) is 10. The maximum absolute atomic E-state index is 13.7. The lowest BCUT2D eigenvalue weighted by Gasteiger charge is -2.25.